The maximum absolute atomic E-state index is 5.67. The third kappa shape index (κ3) is 6.05. The molecule has 0 aliphatic heterocycles. The summed E-state index contributed by atoms with van der Waals surface area (Å²) in [5.41, 5.74) is 1.28. The number of nitrogens with zero attached hydrogens (tertiary/aromatic N) is 4. The molecule has 1 heterocycles. The Hall–Kier alpha value is -1.56. The lowest BCUT2D eigenvalue weighted by molar-refractivity contribution is 0.115. The summed E-state index contributed by atoms with van der Waals surface area (Å²) in [5.74, 6) is 1.76. The Balaban J connectivity index is 1.56. The first-order valence-corrected chi connectivity index (χ1v) is 8.16. The fourth-order valence-corrected chi connectivity index (χ4v) is 2.32. The molecule has 22 heavy (non-hydrogen) atoms. The van der Waals surface area contributed by atoms with Crippen molar-refractivity contribution in [3.05, 3.63) is 18.0 Å². The molecular formula is C16H29N5O. The van der Waals surface area contributed by atoms with Gasteiger partial charge in [0.1, 0.15) is 0 Å². The highest BCUT2D eigenvalue weighted by Gasteiger charge is 2.21. The topological polar surface area (TPSA) is 54.7 Å². The standard InChI is InChI=1S/C16H29N5O/c1-17-16(20(2)9-10-22-13-14-6-7-14)18-8-4-5-15-11-19-21(3)12-15/h11-12,14H,4-10,13H2,1-3H3,(H,17,18). The van der Waals surface area contributed by atoms with Gasteiger partial charge in [0.15, 0.2) is 5.96 Å². The van der Waals surface area contributed by atoms with Gasteiger partial charge in [-0.2, -0.15) is 5.10 Å². The van der Waals surface area contributed by atoms with Gasteiger partial charge in [-0.05, 0) is 37.2 Å². The van der Waals surface area contributed by atoms with Crippen LogP contribution in [-0.4, -0.2) is 61.0 Å². The van der Waals surface area contributed by atoms with Crippen molar-refractivity contribution in [2.24, 2.45) is 18.0 Å². The van der Waals surface area contributed by atoms with E-state index in [0.29, 0.717) is 0 Å². The number of hydrogen-bond donors (Lipinski definition) is 1. The molecule has 0 amide bonds. The molecule has 1 fully saturated rings. The molecular weight excluding hydrogens is 278 g/mol. The molecule has 0 aromatic carbocycles. The number of guanidine groups is 1. The van der Waals surface area contributed by atoms with Crippen molar-refractivity contribution in [3.63, 3.8) is 0 Å². The number of rotatable bonds is 9. The second-order valence-electron chi connectivity index (χ2n) is 6.04. The highest BCUT2D eigenvalue weighted by Crippen LogP contribution is 2.28. The van der Waals surface area contributed by atoms with Crippen LogP contribution < -0.4 is 5.32 Å². The largest absolute Gasteiger partial charge is 0.379 e. The van der Waals surface area contributed by atoms with Crippen molar-refractivity contribution in [2.45, 2.75) is 25.7 Å². The minimum atomic E-state index is 0.767. The van der Waals surface area contributed by atoms with E-state index in [0.717, 1.165) is 51.0 Å². The Labute approximate surface area is 133 Å². The second kappa shape index (κ2) is 8.78. The Bertz CT molecular complexity index is 467. The zero-order chi connectivity index (χ0) is 15.8. The van der Waals surface area contributed by atoms with E-state index in [4.69, 9.17) is 4.74 Å². The first kappa shape index (κ1) is 16.8. The Morgan fingerprint density at radius 3 is 3.00 bits per heavy atom. The van der Waals surface area contributed by atoms with Crippen molar-refractivity contribution >= 4 is 5.96 Å². The molecule has 6 heteroatoms. The van der Waals surface area contributed by atoms with Crippen LogP contribution in [0, 0.1) is 5.92 Å². The summed E-state index contributed by atoms with van der Waals surface area (Å²) in [7, 11) is 5.83. The lowest BCUT2D eigenvalue weighted by Gasteiger charge is -2.22. The third-order valence-electron chi connectivity index (χ3n) is 3.88. The van der Waals surface area contributed by atoms with E-state index in [1.807, 2.05) is 25.0 Å². The van der Waals surface area contributed by atoms with Crippen LogP contribution in [0.25, 0.3) is 0 Å². The minimum absolute atomic E-state index is 0.767. The van der Waals surface area contributed by atoms with E-state index in [9.17, 15) is 0 Å². The van der Waals surface area contributed by atoms with Gasteiger partial charge in [-0.1, -0.05) is 0 Å². The summed E-state index contributed by atoms with van der Waals surface area (Å²) in [6, 6.07) is 0. The molecule has 0 unspecified atom stereocenters. The smallest absolute Gasteiger partial charge is 0.193 e. The average Bonchev–Trinajstić information content (AvgIpc) is 3.24. The van der Waals surface area contributed by atoms with Crippen LogP contribution in [0.4, 0.5) is 0 Å². The van der Waals surface area contributed by atoms with E-state index >= 15 is 0 Å². The average molecular weight is 307 g/mol. The molecule has 6 nitrogen and oxygen atoms in total. The molecule has 1 aromatic rings. The van der Waals surface area contributed by atoms with Crippen LogP contribution in [0.5, 0.6) is 0 Å². The summed E-state index contributed by atoms with van der Waals surface area (Å²) in [6.07, 6.45) is 8.78. The summed E-state index contributed by atoms with van der Waals surface area (Å²) < 4.78 is 7.52. The van der Waals surface area contributed by atoms with Gasteiger partial charge in [0.05, 0.1) is 12.8 Å². The Kier molecular flexibility index (Phi) is 6.71. The van der Waals surface area contributed by atoms with Gasteiger partial charge >= 0.3 is 0 Å². The molecule has 1 aromatic heterocycles. The molecule has 1 saturated carbocycles. The highest BCUT2D eigenvalue weighted by molar-refractivity contribution is 5.79. The quantitative estimate of drug-likeness (QED) is 0.424. The predicted molar refractivity (Wildman–Crippen MR) is 89.1 cm³/mol. The van der Waals surface area contributed by atoms with Crippen molar-refractivity contribution in [1.82, 2.24) is 20.0 Å². The first-order chi connectivity index (χ1) is 10.7. The molecule has 2 rings (SSSR count). The number of hydrogen-bond acceptors (Lipinski definition) is 3. The highest BCUT2D eigenvalue weighted by atomic mass is 16.5. The summed E-state index contributed by atoms with van der Waals surface area (Å²) in [5, 5.41) is 7.59. The monoisotopic (exact) mass is 307 g/mol. The van der Waals surface area contributed by atoms with Gasteiger partial charge in [-0.25, -0.2) is 0 Å². The Morgan fingerprint density at radius 2 is 2.36 bits per heavy atom. The lowest BCUT2D eigenvalue weighted by atomic mass is 10.2. The molecule has 1 aliphatic carbocycles. The van der Waals surface area contributed by atoms with Gasteiger partial charge < -0.3 is 15.0 Å². The molecule has 0 spiro atoms. The molecule has 1 N–H and O–H groups in total. The van der Waals surface area contributed by atoms with Gasteiger partial charge in [-0.3, -0.25) is 9.67 Å². The van der Waals surface area contributed by atoms with Gasteiger partial charge in [0.25, 0.3) is 0 Å². The van der Waals surface area contributed by atoms with Crippen LogP contribution in [0.3, 0.4) is 0 Å². The molecule has 0 saturated heterocycles. The van der Waals surface area contributed by atoms with Crippen molar-refractivity contribution < 1.29 is 4.74 Å². The van der Waals surface area contributed by atoms with Crippen LogP contribution >= 0.6 is 0 Å². The molecule has 0 atom stereocenters. The maximum Gasteiger partial charge on any atom is 0.193 e. The van der Waals surface area contributed by atoms with E-state index < -0.39 is 0 Å². The SMILES string of the molecule is CN=C(NCCCc1cnn(C)c1)N(C)CCOCC1CC1. The summed E-state index contributed by atoms with van der Waals surface area (Å²) >= 11 is 0. The van der Waals surface area contributed by atoms with E-state index in [-0.39, 0.29) is 0 Å². The number of aryl methyl sites for hydroxylation is 2. The van der Waals surface area contributed by atoms with E-state index in [1.54, 1.807) is 0 Å². The van der Waals surface area contributed by atoms with Crippen LogP contribution in [-0.2, 0) is 18.2 Å². The normalized spacial score (nSPS) is 15.1. The predicted octanol–water partition coefficient (Wildman–Crippen LogP) is 1.29. The Morgan fingerprint density at radius 1 is 1.55 bits per heavy atom. The zero-order valence-corrected chi connectivity index (χ0v) is 14.1. The number of aliphatic imine (C=N–C) groups is 1. The fourth-order valence-electron chi connectivity index (χ4n) is 2.32. The number of aromatic nitrogens is 2. The molecule has 124 valence electrons. The zero-order valence-electron chi connectivity index (χ0n) is 14.1. The van der Waals surface area contributed by atoms with E-state index in [1.165, 1.54) is 18.4 Å². The van der Waals surface area contributed by atoms with Crippen molar-refractivity contribution in [2.75, 3.05) is 40.4 Å². The number of likely N-dealkylation sites (N-methyl/N-ethyl adjacent to an activating group) is 1. The van der Waals surface area contributed by atoms with Gasteiger partial charge in [0, 0.05) is 47.0 Å². The van der Waals surface area contributed by atoms with Crippen LogP contribution in [0.1, 0.15) is 24.8 Å². The molecule has 1 aliphatic rings. The van der Waals surface area contributed by atoms with Gasteiger partial charge in [0.2, 0.25) is 0 Å². The molecule has 0 bridgehead atoms. The number of ether oxygens (including phenoxy) is 1. The minimum Gasteiger partial charge on any atom is -0.379 e. The fraction of sp³-hybridized carbons (Fsp3) is 0.750. The lowest BCUT2D eigenvalue weighted by Crippen LogP contribution is -2.41. The van der Waals surface area contributed by atoms with Crippen LogP contribution in [0.15, 0.2) is 17.4 Å². The second-order valence-corrected chi connectivity index (χ2v) is 6.04. The van der Waals surface area contributed by atoms with Crippen molar-refractivity contribution in [3.8, 4) is 0 Å². The van der Waals surface area contributed by atoms with Crippen LogP contribution in [0.2, 0.25) is 0 Å². The maximum atomic E-state index is 5.67. The van der Waals surface area contributed by atoms with Crippen molar-refractivity contribution in [1.29, 1.82) is 0 Å². The van der Waals surface area contributed by atoms with E-state index in [2.05, 4.69) is 33.6 Å². The summed E-state index contributed by atoms with van der Waals surface area (Å²) in [4.78, 5) is 6.44. The summed E-state index contributed by atoms with van der Waals surface area (Å²) in [6.45, 7) is 3.47. The first-order valence-electron chi connectivity index (χ1n) is 8.16. The molecule has 0 radical (unpaired) electrons. The van der Waals surface area contributed by atoms with Gasteiger partial charge in [-0.15, -0.1) is 0 Å². The third-order valence-corrected chi connectivity index (χ3v) is 3.88. The number of nitrogens with one attached hydrogen (secondary N) is 1.